The molecular formula is C23H19F3O6S. The summed E-state index contributed by atoms with van der Waals surface area (Å²) < 4.78 is 76.6. The minimum atomic E-state index is -4.69. The summed E-state index contributed by atoms with van der Waals surface area (Å²) in [5.74, 6) is -1.73. The fraction of sp³-hybridized carbons (Fsp3) is 0.174. The summed E-state index contributed by atoms with van der Waals surface area (Å²) in [6.45, 7) is 0. The first-order chi connectivity index (χ1) is 15.5. The molecule has 0 radical (unpaired) electrons. The van der Waals surface area contributed by atoms with Gasteiger partial charge in [-0.3, -0.25) is 4.79 Å². The summed E-state index contributed by atoms with van der Waals surface area (Å²) in [5.41, 5.74) is -0.872. The highest BCUT2D eigenvalue weighted by molar-refractivity contribution is 7.90. The number of rotatable bonds is 8. The maximum absolute atomic E-state index is 13.3. The van der Waals surface area contributed by atoms with Gasteiger partial charge in [-0.15, -0.1) is 0 Å². The minimum absolute atomic E-state index is 0.0365. The van der Waals surface area contributed by atoms with Crippen molar-refractivity contribution in [1.82, 2.24) is 0 Å². The van der Waals surface area contributed by atoms with Crippen LogP contribution in [0.25, 0.3) is 0 Å². The molecule has 33 heavy (non-hydrogen) atoms. The lowest BCUT2D eigenvalue weighted by atomic mass is 10.1. The van der Waals surface area contributed by atoms with E-state index in [0.29, 0.717) is 5.56 Å². The number of ether oxygens (including phenoxy) is 2. The van der Waals surface area contributed by atoms with Crippen molar-refractivity contribution >= 4 is 15.8 Å². The van der Waals surface area contributed by atoms with Gasteiger partial charge in [-0.2, -0.15) is 13.2 Å². The third kappa shape index (κ3) is 6.04. The van der Waals surface area contributed by atoms with Crippen molar-refractivity contribution in [2.75, 3.05) is 7.11 Å². The molecule has 1 N–H and O–H groups in total. The van der Waals surface area contributed by atoms with Crippen molar-refractivity contribution in [1.29, 1.82) is 0 Å². The molecule has 0 aliphatic carbocycles. The van der Waals surface area contributed by atoms with Gasteiger partial charge >= 0.3 is 12.1 Å². The van der Waals surface area contributed by atoms with Gasteiger partial charge in [-0.1, -0.05) is 24.3 Å². The molecule has 0 fully saturated rings. The third-order valence-corrected chi connectivity index (χ3v) is 6.32. The second-order valence-electron chi connectivity index (χ2n) is 7.05. The van der Waals surface area contributed by atoms with Crippen molar-refractivity contribution in [3.05, 3.63) is 83.4 Å². The van der Waals surface area contributed by atoms with Crippen molar-refractivity contribution in [2.45, 2.75) is 23.2 Å². The first-order valence-electron chi connectivity index (χ1n) is 9.54. The molecule has 0 atom stereocenters. The summed E-state index contributed by atoms with van der Waals surface area (Å²) in [4.78, 5) is 11.0. The van der Waals surface area contributed by atoms with Gasteiger partial charge in [0.25, 0.3) is 0 Å². The van der Waals surface area contributed by atoms with Crippen LogP contribution in [-0.4, -0.2) is 26.6 Å². The molecule has 3 aromatic carbocycles. The van der Waals surface area contributed by atoms with Gasteiger partial charge in [0.05, 0.1) is 29.7 Å². The quantitative estimate of drug-likeness (QED) is 0.482. The molecule has 0 heterocycles. The van der Waals surface area contributed by atoms with E-state index >= 15 is 0 Å². The first kappa shape index (κ1) is 24.1. The summed E-state index contributed by atoms with van der Waals surface area (Å²) in [7, 11) is -2.65. The fourth-order valence-corrected chi connectivity index (χ4v) is 4.46. The molecule has 10 heteroatoms. The molecule has 174 valence electrons. The van der Waals surface area contributed by atoms with E-state index in [9.17, 15) is 26.4 Å². The van der Waals surface area contributed by atoms with E-state index in [4.69, 9.17) is 14.6 Å². The van der Waals surface area contributed by atoms with Crippen LogP contribution in [0.5, 0.6) is 17.2 Å². The molecule has 0 amide bonds. The van der Waals surface area contributed by atoms with Crippen molar-refractivity contribution in [3.8, 4) is 17.2 Å². The van der Waals surface area contributed by atoms with Crippen LogP contribution >= 0.6 is 0 Å². The zero-order valence-electron chi connectivity index (χ0n) is 17.3. The Kier molecular flexibility index (Phi) is 6.97. The fourth-order valence-electron chi connectivity index (χ4n) is 3.09. The molecule has 0 aliphatic heterocycles. The zero-order valence-corrected chi connectivity index (χ0v) is 18.1. The number of carboxylic acids is 1. The van der Waals surface area contributed by atoms with Crippen LogP contribution < -0.4 is 9.47 Å². The molecule has 0 bridgehead atoms. The lowest BCUT2D eigenvalue weighted by molar-refractivity contribution is -0.138. The van der Waals surface area contributed by atoms with Crippen LogP contribution in [0.2, 0.25) is 0 Å². The number of hydrogen-bond acceptors (Lipinski definition) is 5. The Morgan fingerprint density at radius 2 is 1.61 bits per heavy atom. The number of carbonyl (C=O) groups is 1. The monoisotopic (exact) mass is 480 g/mol. The van der Waals surface area contributed by atoms with Gasteiger partial charge in [0.15, 0.2) is 21.3 Å². The Bertz CT molecular complexity index is 1250. The van der Waals surface area contributed by atoms with Gasteiger partial charge in [0.1, 0.15) is 5.75 Å². The number of aliphatic carboxylic acids is 1. The number of carboxylic acid groups (broad SMARTS) is 1. The maximum Gasteiger partial charge on any atom is 0.416 e. The SMILES string of the molecule is COc1ccc(CC(=O)O)cc1Oc1ccc(C(F)(F)F)cc1CS(=O)(=O)c1ccccc1. The Balaban J connectivity index is 2.06. The molecule has 0 aliphatic rings. The number of alkyl halides is 3. The van der Waals surface area contributed by atoms with Gasteiger partial charge in [0.2, 0.25) is 0 Å². The summed E-state index contributed by atoms with van der Waals surface area (Å²) in [5, 5.41) is 9.02. The maximum atomic E-state index is 13.3. The van der Waals surface area contributed by atoms with Crippen LogP contribution in [0.1, 0.15) is 16.7 Å². The van der Waals surface area contributed by atoms with Crippen LogP contribution in [0.4, 0.5) is 13.2 Å². The Hall–Kier alpha value is -3.53. The van der Waals surface area contributed by atoms with Crippen molar-refractivity contribution < 1.29 is 41.0 Å². The average Bonchev–Trinajstić information content (AvgIpc) is 2.74. The van der Waals surface area contributed by atoms with E-state index in [0.717, 1.165) is 18.2 Å². The number of hydrogen-bond donors (Lipinski definition) is 1. The average molecular weight is 480 g/mol. The first-order valence-corrected chi connectivity index (χ1v) is 11.2. The number of methoxy groups -OCH3 is 1. The third-order valence-electron chi connectivity index (χ3n) is 4.64. The molecular weight excluding hydrogens is 461 g/mol. The minimum Gasteiger partial charge on any atom is -0.493 e. The molecule has 0 saturated heterocycles. The number of sulfone groups is 1. The van der Waals surface area contributed by atoms with E-state index in [1.165, 1.54) is 49.6 Å². The molecule has 6 nitrogen and oxygen atoms in total. The summed E-state index contributed by atoms with van der Waals surface area (Å²) in [6.07, 6.45) is -5.01. The number of halogens is 3. The van der Waals surface area contributed by atoms with Gasteiger partial charge < -0.3 is 14.6 Å². The topological polar surface area (TPSA) is 89.9 Å². The lowest BCUT2D eigenvalue weighted by Gasteiger charge is -2.17. The van der Waals surface area contributed by atoms with E-state index in [-0.39, 0.29) is 34.1 Å². The van der Waals surface area contributed by atoms with Gasteiger partial charge in [0, 0.05) is 5.56 Å². The Morgan fingerprint density at radius 1 is 0.939 bits per heavy atom. The molecule has 3 rings (SSSR count). The Labute approximate surface area is 188 Å². The Morgan fingerprint density at radius 3 is 2.21 bits per heavy atom. The molecule has 0 aromatic heterocycles. The van der Waals surface area contributed by atoms with Crippen molar-refractivity contribution in [2.24, 2.45) is 0 Å². The van der Waals surface area contributed by atoms with E-state index in [1.807, 2.05) is 0 Å². The highest BCUT2D eigenvalue weighted by atomic mass is 32.2. The smallest absolute Gasteiger partial charge is 0.416 e. The standard InChI is InChI=1S/C23H19F3O6S/c1-31-20-9-7-15(12-22(27)28)11-21(20)32-19-10-8-17(23(24,25)26)13-16(19)14-33(29,30)18-5-3-2-4-6-18/h2-11,13H,12,14H2,1H3,(H,27,28). The van der Waals surface area contributed by atoms with Crippen molar-refractivity contribution in [3.63, 3.8) is 0 Å². The van der Waals surface area contributed by atoms with E-state index in [2.05, 4.69) is 0 Å². The summed E-state index contributed by atoms with van der Waals surface area (Å²) in [6, 6.07) is 14.2. The second kappa shape index (κ2) is 9.53. The van der Waals surface area contributed by atoms with Crippen LogP contribution in [0.15, 0.2) is 71.6 Å². The summed E-state index contributed by atoms with van der Waals surface area (Å²) >= 11 is 0. The molecule has 0 unspecified atom stereocenters. The largest absolute Gasteiger partial charge is 0.493 e. The van der Waals surface area contributed by atoms with Crippen LogP contribution in [0, 0.1) is 0 Å². The lowest BCUT2D eigenvalue weighted by Crippen LogP contribution is -2.10. The molecule has 3 aromatic rings. The second-order valence-corrected chi connectivity index (χ2v) is 9.04. The van der Waals surface area contributed by atoms with Crippen LogP contribution in [0.3, 0.4) is 0 Å². The van der Waals surface area contributed by atoms with E-state index < -0.39 is 33.3 Å². The predicted molar refractivity (Wildman–Crippen MR) is 113 cm³/mol. The normalized spacial score (nSPS) is 11.8. The number of benzene rings is 3. The molecule has 0 spiro atoms. The van der Waals surface area contributed by atoms with Gasteiger partial charge in [-0.05, 0) is 48.0 Å². The van der Waals surface area contributed by atoms with Crippen LogP contribution in [-0.2, 0) is 33.0 Å². The van der Waals surface area contributed by atoms with E-state index in [1.54, 1.807) is 6.07 Å². The molecule has 0 saturated carbocycles. The predicted octanol–water partition coefficient (Wildman–Crippen LogP) is 5.11. The zero-order chi connectivity index (χ0) is 24.2. The highest BCUT2D eigenvalue weighted by Gasteiger charge is 2.32. The van der Waals surface area contributed by atoms with Gasteiger partial charge in [-0.25, -0.2) is 8.42 Å². The highest BCUT2D eigenvalue weighted by Crippen LogP contribution is 2.38.